The van der Waals surface area contributed by atoms with E-state index in [-0.39, 0.29) is 6.10 Å². The normalized spacial score (nSPS) is 20.2. The zero-order chi connectivity index (χ0) is 14.5. The van der Waals surface area contributed by atoms with Gasteiger partial charge in [0.2, 0.25) is 0 Å². The lowest BCUT2D eigenvalue weighted by Gasteiger charge is -2.33. The van der Waals surface area contributed by atoms with E-state index in [0.717, 1.165) is 51.8 Å². The fourth-order valence-corrected chi connectivity index (χ4v) is 2.13. The highest BCUT2D eigenvalue weighted by Gasteiger charge is 2.20. The quantitative estimate of drug-likeness (QED) is 0.686. The highest BCUT2D eigenvalue weighted by atomic mass is 16.5. The minimum atomic E-state index is 0.261. The summed E-state index contributed by atoms with van der Waals surface area (Å²) in [5, 5.41) is 3.12. The summed E-state index contributed by atoms with van der Waals surface area (Å²) in [6.45, 7) is 15.2. The van der Waals surface area contributed by atoms with Gasteiger partial charge in [-0.15, -0.1) is 0 Å². The van der Waals surface area contributed by atoms with E-state index in [9.17, 15) is 0 Å². The minimum absolute atomic E-state index is 0.261. The molecule has 0 aromatic heterocycles. The lowest BCUT2D eigenvalue weighted by atomic mass is 10.2. The Bertz CT molecular complexity index is 189. The molecular weight excluding hydrogens is 240 g/mol. The van der Waals surface area contributed by atoms with Gasteiger partial charge < -0.3 is 14.8 Å². The van der Waals surface area contributed by atoms with E-state index in [4.69, 9.17) is 9.47 Å². The second-order valence-electron chi connectivity index (χ2n) is 5.18. The van der Waals surface area contributed by atoms with Crippen LogP contribution in [0.2, 0.25) is 0 Å². The van der Waals surface area contributed by atoms with Crippen LogP contribution in [0.1, 0.15) is 34.1 Å². The maximum atomic E-state index is 5.71. The van der Waals surface area contributed by atoms with Crippen molar-refractivity contribution in [3.8, 4) is 0 Å². The molecule has 1 unspecified atom stereocenters. The lowest BCUT2D eigenvalue weighted by molar-refractivity contribution is -0.0711. The van der Waals surface area contributed by atoms with Gasteiger partial charge in [0, 0.05) is 26.2 Å². The van der Waals surface area contributed by atoms with E-state index >= 15 is 0 Å². The van der Waals surface area contributed by atoms with Gasteiger partial charge in [-0.2, -0.15) is 0 Å². The molecule has 4 heteroatoms. The molecular formula is C15H34N2O2. The van der Waals surface area contributed by atoms with Gasteiger partial charge in [-0.25, -0.2) is 0 Å². The van der Waals surface area contributed by atoms with Crippen LogP contribution in [-0.2, 0) is 9.47 Å². The third-order valence-corrected chi connectivity index (χ3v) is 2.87. The molecule has 1 fully saturated rings. The van der Waals surface area contributed by atoms with E-state index < -0.39 is 0 Å². The van der Waals surface area contributed by atoms with Crippen LogP contribution in [0, 0.1) is 5.92 Å². The van der Waals surface area contributed by atoms with Crippen LogP contribution in [0.25, 0.3) is 0 Å². The highest BCUT2D eigenvalue weighted by Crippen LogP contribution is 2.08. The SMILES string of the molecule is CC.CNCCCOCC1CN(CC(C)C)CCO1. The molecule has 1 heterocycles. The summed E-state index contributed by atoms with van der Waals surface area (Å²) in [5.41, 5.74) is 0. The number of rotatable bonds is 8. The van der Waals surface area contributed by atoms with Gasteiger partial charge in [-0.3, -0.25) is 4.90 Å². The Balaban J connectivity index is 0.00000154. The van der Waals surface area contributed by atoms with Crippen LogP contribution in [0.3, 0.4) is 0 Å². The van der Waals surface area contributed by atoms with Crippen LogP contribution < -0.4 is 5.32 Å². The van der Waals surface area contributed by atoms with E-state index in [1.165, 1.54) is 6.54 Å². The standard InChI is InChI=1S/C13H28N2O2.C2H6/c1-12(2)9-15-6-8-17-13(10-15)11-16-7-4-5-14-3;1-2/h12-14H,4-11H2,1-3H3;1-2H3. The molecule has 0 spiro atoms. The third-order valence-electron chi connectivity index (χ3n) is 2.87. The summed E-state index contributed by atoms with van der Waals surface area (Å²) in [4.78, 5) is 2.48. The summed E-state index contributed by atoms with van der Waals surface area (Å²) >= 11 is 0. The summed E-state index contributed by atoms with van der Waals surface area (Å²) in [6, 6.07) is 0. The first-order valence-corrected chi connectivity index (χ1v) is 7.78. The van der Waals surface area contributed by atoms with Gasteiger partial charge in [-0.05, 0) is 25.9 Å². The smallest absolute Gasteiger partial charge is 0.0935 e. The van der Waals surface area contributed by atoms with E-state index in [0.29, 0.717) is 0 Å². The topological polar surface area (TPSA) is 33.7 Å². The summed E-state index contributed by atoms with van der Waals surface area (Å²) in [5.74, 6) is 0.727. The first kappa shape index (κ1) is 18.8. The second kappa shape index (κ2) is 12.9. The molecule has 1 rings (SSSR count). The van der Waals surface area contributed by atoms with E-state index in [1.807, 2.05) is 20.9 Å². The Morgan fingerprint density at radius 2 is 2.11 bits per heavy atom. The van der Waals surface area contributed by atoms with Crippen LogP contribution >= 0.6 is 0 Å². The first-order chi connectivity index (χ1) is 9.22. The van der Waals surface area contributed by atoms with Crippen LogP contribution in [0.15, 0.2) is 0 Å². The monoisotopic (exact) mass is 274 g/mol. The summed E-state index contributed by atoms with van der Waals surface area (Å²) in [6.07, 6.45) is 1.33. The van der Waals surface area contributed by atoms with Crippen molar-refractivity contribution in [2.45, 2.75) is 40.2 Å². The molecule has 0 aromatic rings. The van der Waals surface area contributed by atoms with Gasteiger partial charge in [0.15, 0.2) is 0 Å². The zero-order valence-corrected chi connectivity index (χ0v) is 13.6. The number of hydrogen-bond acceptors (Lipinski definition) is 4. The van der Waals surface area contributed by atoms with Crippen molar-refractivity contribution in [2.75, 3.05) is 53.0 Å². The maximum absolute atomic E-state index is 5.71. The fraction of sp³-hybridized carbons (Fsp3) is 1.00. The molecule has 0 amide bonds. The van der Waals surface area contributed by atoms with E-state index in [1.54, 1.807) is 0 Å². The number of hydrogen-bond donors (Lipinski definition) is 1. The molecule has 1 aliphatic heterocycles. The van der Waals surface area contributed by atoms with Gasteiger partial charge in [0.25, 0.3) is 0 Å². The Kier molecular flexibility index (Phi) is 12.7. The Morgan fingerprint density at radius 1 is 1.37 bits per heavy atom. The Labute approximate surface area is 119 Å². The number of ether oxygens (including phenoxy) is 2. The molecule has 0 saturated carbocycles. The molecule has 4 nitrogen and oxygen atoms in total. The average molecular weight is 274 g/mol. The van der Waals surface area contributed by atoms with Gasteiger partial charge in [-0.1, -0.05) is 27.7 Å². The molecule has 1 N–H and O–H groups in total. The third kappa shape index (κ3) is 10.3. The molecule has 19 heavy (non-hydrogen) atoms. The van der Waals surface area contributed by atoms with Crippen LogP contribution in [-0.4, -0.2) is 64.1 Å². The summed E-state index contributed by atoms with van der Waals surface area (Å²) in [7, 11) is 1.97. The molecule has 0 aromatic carbocycles. The number of morpholine rings is 1. The molecule has 0 radical (unpaired) electrons. The molecule has 116 valence electrons. The second-order valence-corrected chi connectivity index (χ2v) is 5.18. The van der Waals surface area contributed by atoms with Crippen molar-refractivity contribution in [1.29, 1.82) is 0 Å². The maximum Gasteiger partial charge on any atom is 0.0935 e. The zero-order valence-electron chi connectivity index (χ0n) is 13.6. The first-order valence-electron chi connectivity index (χ1n) is 7.78. The van der Waals surface area contributed by atoms with Crippen molar-refractivity contribution in [3.63, 3.8) is 0 Å². The Hall–Kier alpha value is -0.160. The molecule has 0 aliphatic carbocycles. The predicted molar refractivity (Wildman–Crippen MR) is 81.7 cm³/mol. The van der Waals surface area contributed by atoms with E-state index in [2.05, 4.69) is 24.1 Å². The summed E-state index contributed by atoms with van der Waals surface area (Å²) < 4.78 is 11.4. The fourth-order valence-electron chi connectivity index (χ4n) is 2.13. The van der Waals surface area contributed by atoms with Crippen LogP contribution in [0.5, 0.6) is 0 Å². The molecule has 1 aliphatic rings. The number of nitrogens with zero attached hydrogens (tertiary/aromatic N) is 1. The van der Waals surface area contributed by atoms with Crippen molar-refractivity contribution < 1.29 is 9.47 Å². The van der Waals surface area contributed by atoms with Crippen molar-refractivity contribution in [1.82, 2.24) is 10.2 Å². The number of nitrogens with one attached hydrogen (secondary N) is 1. The largest absolute Gasteiger partial charge is 0.379 e. The molecule has 0 bridgehead atoms. The van der Waals surface area contributed by atoms with Crippen molar-refractivity contribution in [2.24, 2.45) is 5.92 Å². The lowest BCUT2D eigenvalue weighted by Crippen LogP contribution is -2.45. The minimum Gasteiger partial charge on any atom is -0.379 e. The van der Waals surface area contributed by atoms with Crippen molar-refractivity contribution >= 4 is 0 Å². The molecule has 1 atom stereocenters. The highest BCUT2D eigenvalue weighted by molar-refractivity contribution is 4.72. The molecule has 1 saturated heterocycles. The van der Waals surface area contributed by atoms with Gasteiger partial charge >= 0.3 is 0 Å². The van der Waals surface area contributed by atoms with Crippen molar-refractivity contribution in [3.05, 3.63) is 0 Å². The Morgan fingerprint density at radius 3 is 2.74 bits per heavy atom. The van der Waals surface area contributed by atoms with Gasteiger partial charge in [0.1, 0.15) is 0 Å². The average Bonchev–Trinajstić information content (AvgIpc) is 2.40. The van der Waals surface area contributed by atoms with Crippen LogP contribution in [0.4, 0.5) is 0 Å². The predicted octanol–water partition coefficient (Wildman–Crippen LogP) is 2.00. The van der Waals surface area contributed by atoms with Gasteiger partial charge in [0.05, 0.1) is 19.3 Å².